The quantitative estimate of drug-likeness (QED) is 0.487. The van der Waals surface area contributed by atoms with Gasteiger partial charge in [0.15, 0.2) is 5.58 Å². The Morgan fingerprint density at radius 3 is 2.64 bits per heavy atom. The van der Waals surface area contributed by atoms with Gasteiger partial charge in [-0.15, -0.1) is 0 Å². The molecular formula is C23H22N2O3. The van der Waals surface area contributed by atoms with E-state index in [1.807, 2.05) is 30.3 Å². The topological polar surface area (TPSA) is 67.5 Å². The third kappa shape index (κ3) is 3.27. The number of fused-ring (bicyclic) bond motifs is 1. The summed E-state index contributed by atoms with van der Waals surface area (Å²) in [6.45, 7) is 4.74. The van der Waals surface area contributed by atoms with E-state index in [-0.39, 0.29) is 5.75 Å². The zero-order chi connectivity index (χ0) is 19.7. The van der Waals surface area contributed by atoms with Crippen LogP contribution in [0.4, 0.5) is 5.69 Å². The Morgan fingerprint density at radius 2 is 1.86 bits per heavy atom. The summed E-state index contributed by atoms with van der Waals surface area (Å²) in [6.07, 6.45) is 0. The molecule has 1 heterocycles. The first-order valence-corrected chi connectivity index (χ1v) is 9.12. The number of anilines is 1. The highest BCUT2D eigenvalue weighted by Gasteiger charge is 2.17. The fraction of sp³-hybridized carbons (Fsp3) is 0.174. The number of nitrogens with zero attached hydrogens (tertiary/aromatic N) is 1. The first kappa shape index (κ1) is 17.9. The van der Waals surface area contributed by atoms with Crippen molar-refractivity contribution < 1.29 is 14.4 Å². The molecule has 0 radical (unpaired) electrons. The molecular weight excluding hydrogens is 352 g/mol. The van der Waals surface area contributed by atoms with Crippen LogP contribution in [0.2, 0.25) is 0 Å². The van der Waals surface area contributed by atoms with E-state index in [1.54, 1.807) is 13.2 Å². The van der Waals surface area contributed by atoms with E-state index < -0.39 is 0 Å². The van der Waals surface area contributed by atoms with E-state index in [0.29, 0.717) is 29.1 Å². The molecule has 0 amide bonds. The van der Waals surface area contributed by atoms with Crippen molar-refractivity contribution in [3.63, 3.8) is 0 Å². The monoisotopic (exact) mass is 374 g/mol. The summed E-state index contributed by atoms with van der Waals surface area (Å²) in [7, 11) is 1.60. The van der Waals surface area contributed by atoms with Gasteiger partial charge in [-0.3, -0.25) is 0 Å². The van der Waals surface area contributed by atoms with Gasteiger partial charge in [0.2, 0.25) is 0 Å². The number of aromatic nitrogens is 1. The maximum absolute atomic E-state index is 10.5. The number of aromatic hydroxyl groups is 1. The van der Waals surface area contributed by atoms with Crippen LogP contribution < -0.4 is 10.1 Å². The highest BCUT2D eigenvalue weighted by Crippen LogP contribution is 2.38. The second-order valence-electron chi connectivity index (χ2n) is 6.86. The van der Waals surface area contributed by atoms with Gasteiger partial charge in [0.1, 0.15) is 17.2 Å². The highest BCUT2D eigenvalue weighted by atomic mass is 16.5. The molecule has 4 rings (SSSR count). The summed E-state index contributed by atoms with van der Waals surface area (Å²) in [5.41, 5.74) is 6.35. The van der Waals surface area contributed by atoms with Crippen LogP contribution in [0, 0.1) is 13.8 Å². The van der Waals surface area contributed by atoms with Gasteiger partial charge in [-0.1, -0.05) is 23.4 Å². The van der Waals surface area contributed by atoms with Crippen LogP contribution in [-0.4, -0.2) is 17.4 Å². The van der Waals surface area contributed by atoms with Crippen molar-refractivity contribution >= 4 is 16.7 Å². The van der Waals surface area contributed by atoms with Gasteiger partial charge >= 0.3 is 0 Å². The molecule has 0 saturated carbocycles. The fourth-order valence-electron chi connectivity index (χ4n) is 3.26. The lowest BCUT2D eigenvalue weighted by molar-refractivity contribution is 0.403. The summed E-state index contributed by atoms with van der Waals surface area (Å²) in [6, 6.07) is 17.4. The van der Waals surface area contributed by atoms with Crippen LogP contribution in [0.3, 0.4) is 0 Å². The molecule has 0 aliphatic rings. The Labute approximate surface area is 163 Å². The zero-order valence-corrected chi connectivity index (χ0v) is 16.1. The molecule has 0 spiro atoms. The van der Waals surface area contributed by atoms with Gasteiger partial charge in [-0.05, 0) is 55.3 Å². The van der Waals surface area contributed by atoms with Gasteiger partial charge in [0, 0.05) is 34.8 Å². The molecule has 0 aliphatic carbocycles. The van der Waals surface area contributed by atoms with E-state index in [0.717, 1.165) is 16.6 Å². The van der Waals surface area contributed by atoms with Gasteiger partial charge in [0.25, 0.3) is 0 Å². The second kappa shape index (κ2) is 7.27. The van der Waals surface area contributed by atoms with Crippen LogP contribution in [0.5, 0.6) is 11.5 Å². The van der Waals surface area contributed by atoms with Crippen molar-refractivity contribution in [3.05, 3.63) is 71.3 Å². The third-order valence-corrected chi connectivity index (χ3v) is 5.02. The van der Waals surface area contributed by atoms with Gasteiger partial charge in [-0.2, -0.15) is 0 Å². The van der Waals surface area contributed by atoms with Gasteiger partial charge in [-0.25, -0.2) is 0 Å². The van der Waals surface area contributed by atoms with Crippen LogP contribution in [0.15, 0.2) is 59.1 Å². The number of hydrogen-bond donors (Lipinski definition) is 2. The first-order valence-electron chi connectivity index (χ1n) is 9.12. The van der Waals surface area contributed by atoms with Crippen molar-refractivity contribution in [2.24, 2.45) is 0 Å². The predicted octanol–water partition coefficient (Wildman–Crippen LogP) is 5.44. The zero-order valence-electron chi connectivity index (χ0n) is 16.1. The smallest absolute Gasteiger partial charge is 0.167 e. The molecule has 5 nitrogen and oxygen atoms in total. The largest absolute Gasteiger partial charge is 0.507 e. The van der Waals surface area contributed by atoms with Crippen molar-refractivity contribution in [3.8, 4) is 22.8 Å². The lowest BCUT2D eigenvalue weighted by atomic mass is 10.0. The average Bonchev–Trinajstić information content (AvgIpc) is 3.13. The lowest BCUT2D eigenvalue weighted by Crippen LogP contribution is -2.03. The minimum Gasteiger partial charge on any atom is -0.507 e. The maximum atomic E-state index is 10.5. The number of phenolic OH excluding ortho intramolecular Hbond substituents is 1. The normalized spacial score (nSPS) is 11.0. The number of benzene rings is 3. The molecule has 0 unspecified atom stereocenters. The molecule has 1 aromatic heterocycles. The number of phenols is 1. The number of rotatable bonds is 5. The minimum atomic E-state index is 0.103. The summed E-state index contributed by atoms with van der Waals surface area (Å²) in [5, 5.41) is 19.0. The Balaban J connectivity index is 1.70. The van der Waals surface area contributed by atoms with Crippen LogP contribution in [0.25, 0.3) is 22.2 Å². The number of ether oxygens (including phenoxy) is 1. The van der Waals surface area contributed by atoms with Crippen LogP contribution in [-0.2, 0) is 6.54 Å². The van der Waals surface area contributed by atoms with Crippen LogP contribution >= 0.6 is 0 Å². The summed E-state index contributed by atoms with van der Waals surface area (Å²) in [5.74, 6) is 0.719. The van der Waals surface area contributed by atoms with E-state index in [9.17, 15) is 5.11 Å². The number of nitrogens with one attached hydrogen (secondary N) is 1. The molecule has 0 saturated heterocycles. The molecule has 0 atom stereocenters. The molecule has 28 heavy (non-hydrogen) atoms. The van der Waals surface area contributed by atoms with E-state index in [2.05, 4.69) is 42.5 Å². The van der Waals surface area contributed by atoms with Gasteiger partial charge in [0.05, 0.1) is 7.11 Å². The number of aryl methyl sites for hydroxylation is 2. The van der Waals surface area contributed by atoms with E-state index >= 15 is 0 Å². The van der Waals surface area contributed by atoms with Crippen LogP contribution in [0.1, 0.15) is 16.7 Å². The van der Waals surface area contributed by atoms with Crippen molar-refractivity contribution in [1.29, 1.82) is 0 Å². The molecule has 5 heteroatoms. The Kier molecular flexibility index (Phi) is 4.65. The third-order valence-electron chi connectivity index (χ3n) is 5.02. The highest BCUT2D eigenvalue weighted by molar-refractivity contribution is 5.93. The van der Waals surface area contributed by atoms with E-state index in [1.165, 1.54) is 11.1 Å². The molecule has 0 fully saturated rings. The number of methoxy groups -OCH3 is 1. The van der Waals surface area contributed by atoms with E-state index in [4.69, 9.17) is 9.26 Å². The number of hydrogen-bond acceptors (Lipinski definition) is 5. The molecule has 4 aromatic rings. The molecule has 3 aromatic carbocycles. The molecule has 2 N–H and O–H groups in total. The second-order valence-corrected chi connectivity index (χ2v) is 6.86. The minimum absolute atomic E-state index is 0.103. The Bertz CT molecular complexity index is 1150. The number of para-hydroxylation sites is 1. The van der Waals surface area contributed by atoms with Crippen molar-refractivity contribution in [2.75, 3.05) is 12.4 Å². The molecule has 0 aliphatic heterocycles. The standard InChI is InChI=1S/C23H22N2O3/c1-14-8-9-17(10-15(14)2)24-13-16-11-19(20(26)12-22(16)27-3)23-18-6-4-5-7-21(18)28-25-23/h4-12,24,26H,13H2,1-3H3. The first-order chi connectivity index (χ1) is 13.6. The van der Waals surface area contributed by atoms with Gasteiger partial charge < -0.3 is 19.7 Å². The Morgan fingerprint density at radius 1 is 1.04 bits per heavy atom. The fourth-order valence-corrected chi connectivity index (χ4v) is 3.26. The lowest BCUT2D eigenvalue weighted by Gasteiger charge is -2.14. The summed E-state index contributed by atoms with van der Waals surface area (Å²) < 4.78 is 10.9. The SMILES string of the molecule is COc1cc(O)c(-c2noc3ccccc23)cc1CNc1ccc(C)c(C)c1. The summed E-state index contributed by atoms with van der Waals surface area (Å²) >= 11 is 0. The van der Waals surface area contributed by atoms with Crippen molar-refractivity contribution in [1.82, 2.24) is 5.16 Å². The summed E-state index contributed by atoms with van der Waals surface area (Å²) in [4.78, 5) is 0. The molecule has 0 bridgehead atoms. The predicted molar refractivity (Wildman–Crippen MR) is 111 cm³/mol. The Hall–Kier alpha value is -3.47. The van der Waals surface area contributed by atoms with Crippen molar-refractivity contribution in [2.45, 2.75) is 20.4 Å². The molecule has 142 valence electrons. The maximum Gasteiger partial charge on any atom is 0.167 e. The average molecular weight is 374 g/mol.